The van der Waals surface area contributed by atoms with Gasteiger partial charge < -0.3 is 10.1 Å². The second-order valence-corrected chi connectivity index (χ2v) is 3.85. The lowest BCUT2D eigenvalue weighted by Gasteiger charge is -2.26. The maximum atomic E-state index is 5.41. The second kappa shape index (κ2) is 7.63. The zero-order valence-corrected chi connectivity index (χ0v) is 9.45. The number of nitrogens with one attached hydrogen (secondary N) is 1. The van der Waals surface area contributed by atoms with Gasteiger partial charge in [0.15, 0.2) is 0 Å². The number of hydrogen-bond acceptors (Lipinski definition) is 3. The minimum Gasteiger partial charge on any atom is -0.379 e. The SMILES string of the molecule is C=CCN(CC=C)CCC1COCCN1. The van der Waals surface area contributed by atoms with Gasteiger partial charge in [-0.25, -0.2) is 0 Å². The van der Waals surface area contributed by atoms with Crippen molar-refractivity contribution in [3.63, 3.8) is 0 Å². The Morgan fingerprint density at radius 1 is 1.33 bits per heavy atom. The van der Waals surface area contributed by atoms with Crippen molar-refractivity contribution in [2.45, 2.75) is 12.5 Å². The molecule has 0 aromatic carbocycles. The summed E-state index contributed by atoms with van der Waals surface area (Å²) in [5.74, 6) is 0. The normalized spacial score (nSPS) is 21.5. The van der Waals surface area contributed by atoms with Crippen LogP contribution >= 0.6 is 0 Å². The Morgan fingerprint density at radius 2 is 2.07 bits per heavy atom. The van der Waals surface area contributed by atoms with Gasteiger partial charge >= 0.3 is 0 Å². The van der Waals surface area contributed by atoms with Crippen molar-refractivity contribution in [1.82, 2.24) is 10.2 Å². The molecular formula is C12H22N2O. The first kappa shape index (κ1) is 12.4. The highest BCUT2D eigenvalue weighted by Crippen LogP contribution is 2.01. The van der Waals surface area contributed by atoms with Crippen LogP contribution in [0.25, 0.3) is 0 Å². The van der Waals surface area contributed by atoms with E-state index in [1.54, 1.807) is 0 Å². The van der Waals surface area contributed by atoms with Gasteiger partial charge in [-0.3, -0.25) is 4.90 Å². The Balaban J connectivity index is 2.18. The third-order valence-electron chi connectivity index (χ3n) is 2.57. The molecule has 1 atom stereocenters. The van der Waals surface area contributed by atoms with E-state index in [9.17, 15) is 0 Å². The fraction of sp³-hybridized carbons (Fsp3) is 0.667. The number of morpholine rings is 1. The third-order valence-corrected chi connectivity index (χ3v) is 2.57. The van der Waals surface area contributed by atoms with Crippen LogP contribution in [0.5, 0.6) is 0 Å². The van der Waals surface area contributed by atoms with Crippen molar-refractivity contribution < 1.29 is 4.74 Å². The molecule has 3 nitrogen and oxygen atoms in total. The molecule has 86 valence electrons. The molecule has 1 aliphatic rings. The first-order valence-corrected chi connectivity index (χ1v) is 5.62. The summed E-state index contributed by atoms with van der Waals surface area (Å²) in [6.45, 7) is 13.1. The van der Waals surface area contributed by atoms with Crippen LogP contribution in [0.2, 0.25) is 0 Å². The van der Waals surface area contributed by atoms with Crippen molar-refractivity contribution in [1.29, 1.82) is 0 Å². The highest BCUT2D eigenvalue weighted by molar-refractivity contribution is 4.81. The van der Waals surface area contributed by atoms with Gasteiger partial charge in [-0.1, -0.05) is 12.2 Å². The summed E-state index contributed by atoms with van der Waals surface area (Å²) in [6, 6.07) is 0.510. The Kier molecular flexibility index (Phi) is 6.32. The van der Waals surface area contributed by atoms with E-state index < -0.39 is 0 Å². The van der Waals surface area contributed by atoms with E-state index in [-0.39, 0.29) is 0 Å². The summed E-state index contributed by atoms with van der Waals surface area (Å²) in [4.78, 5) is 2.33. The Morgan fingerprint density at radius 3 is 2.60 bits per heavy atom. The second-order valence-electron chi connectivity index (χ2n) is 3.85. The Bertz CT molecular complexity index is 178. The molecule has 1 fully saturated rings. The van der Waals surface area contributed by atoms with Crippen molar-refractivity contribution in [2.24, 2.45) is 0 Å². The van der Waals surface area contributed by atoms with Gasteiger partial charge in [0.05, 0.1) is 13.2 Å². The molecule has 1 unspecified atom stereocenters. The van der Waals surface area contributed by atoms with Gasteiger partial charge in [0.1, 0.15) is 0 Å². The topological polar surface area (TPSA) is 24.5 Å². The molecule has 15 heavy (non-hydrogen) atoms. The van der Waals surface area contributed by atoms with Crippen LogP contribution < -0.4 is 5.32 Å². The maximum absolute atomic E-state index is 5.41. The molecule has 1 saturated heterocycles. The fourth-order valence-electron chi connectivity index (χ4n) is 1.77. The summed E-state index contributed by atoms with van der Waals surface area (Å²) in [7, 11) is 0. The van der Waals surface area contributed by atoms with Crippen LogP contribution in [-0.4, -0.2) is 50.3 Å². The van der Waals surface area contributed by atoms with Gasteiger partial charge in [0.2, 0.25) is 0 Å². The Labute approximate surface area is 92.8 Å². The molecule has 0 saturated carbocycles. The van der Waals surface area contributed by atoms with E-state index in [0.717, 1.165) is 45.8 Å². The number of ether oxygens (including phenoxy) is 1. The smallest absolute Gasteiger partial charge is 0.0620 e. The monoisotopic (exact) mass is 210 g/mol. The summed E-state index contributed by atoms with van der Waals surface area (Å²) in [6.07, 6.45) is 5.00. The predicted octanol–water partition coefficient (Wildman–Crippen LogP) is 1.04. The molecule has 0 aromatic rings. The average molecular weight is 210 g/mol. The van der Waals surface area contributed by atoms with E-state index in [4.69, 9.17) is 4.74 Å². The third kappa shape index (κ3) is 5.11. The standard InChI is InChI=1S/C12H22N2O/c1-3-7-14(8-4-2)9-5-12-11-15-10-6-13-12/h3-4,12-13H,1-2,5-11H2. The van der Waals surface area contributed by atoms with Gasteiger partial charge in [-0.2, -0.15) is 0 Å². The maximum Gasteiger partial charge on any atom is 0.0620 e. The van der Waals surface area contributed by atoms with Gasteiger partial charge in [-0.15, -0.1) is 13.2 Å². The van der Waals surface area contributed by atoms with Crippen LogP contribution in [0.3, 0.4) is 0 Å². The van der Waals surface area contributed by atoms with Crippen molar-refractivity contribution in [2.75, 3.05) is 39.4 Å². The van der Waals surface area contributed by atoms with E-state index in [2.05, 4.69) is 23.4 Å². The van der Waals surface area contributed by atoms with Crippen LogP contribution in [0.15, 0.2) is 25.3 Å². The highest BCUT2D eigenvalue weighted by Gasteiger charge is 2.13. The molecule has 0 aliphatic carbocycles. The van der Waals surface area contributed by atoms with Gasteiger partial charge in [-0.05, 0) is 6.42 Å². The summed E-state index contributed by atoms with van der Waals surface area (Å²) in [5.41, 5.74) is 0. The molecule has 0 amide bonds. The lowest BCUT2D eigenvalue weighted by atomic mass is 10.2. The van der Waals surface area contributed by atoms with Crippen LogP contribution in [-0.2, 0) is 4.74 Å². The molecule has 1 aliphatic heterocycles. The molecule has 0 aromatic heterocycles. The summed E-state index contributed by atoms with van der Waals surface area (Å²) >= 11 is 0. The van der Waals surface area contributed by atoms with E-state index in [1.165, 1.54) is 0 Å². The molecular weight excluding hydrogens is 188 g/mol. The number of rotatable bonds is 7. The number of nitrogens with zero attached hydrogens (tertiary/aromatic N) is 1. The number of hydrogen-bond donors (Lipinski definition) is 1. The lowest BCUT2D eigenvalue weighted by molar-refractivity contribution is 0.0709. The summed E-state index contributed by atoms with van der Waals surface area (Å²) < 4.78 is 5.41. The van der Waals surface area contributed by atoms with Gasteiger partial charge in [0, 0.05) is 32.2 Å². The average Bonchev–Trinajstić information content (AvgIpc) is 2.28. The molecule has 3 heteroatoms. The first-order valence-electron chi connectivity index (χ1n) is 5.62. The van der Waals surface area contributed by atoms with Crippen LogP contribution in [0.1, 0.15) is 6.42 Å². The molecule has 1 N–H and O–H groups in total. The minimum atomic E-state index is 0.510. The Hall–Kier alpha value is -0.640. The zero-order chi connectivity index (χ0) is 10.9. The summed E-state index contributed by atoms with van der Waals surface area (Å²) in [5, 5.41) is 3.46. The predicted molar refractivity (Wildman–Crippen MR) is 64.1 cm³/mol. The molecule has 0 bridgehead atoms. The molecule has 1 rings (SSSR count). The quantitative estimate of drug-likeness (QED) is 0.635. The van der Waals surface area contributed by atoms with E-state index >= 15 is 0 Å². The molecule has 0 radical (unpaired) electrons. The van der Waals surface area contributed by atoms with Gasteiger partial charge in [0.25, 0.3) is 0 Å². The van der Waals surface area contributed by atoms with E-state index in [1.807, 2.05) is 12.2 Å². The van der Waals surface area contributed by atoms with Crippen molar-refractivity contribution >= 4 is 0 Å². The van der Waals surface area contributed by atoms with E-state index in [0.29, 0.717) is 6.04 Å². The first-order chi connectivity index (χ1) is 7.36. The van der Waals surface area contributed by atoms with Crippen LogP contribution in [0.4, 0.5) is 0 Å². The zero-order valence-electron chi connectivity index (χ0n) is 9.45. The molecule has 1 heterocycles. The highest BCUT2D eigenvalue weighted by atomic mass is 16.5. The lowest BCUT2D eigenvalue weighted by Crippen LogP contribution is -2.43. The minimum absolute atomic E-state index is 0.510. The van der Waals surface area contributed by atoms with Crippen LogP contribution in [0, 0.1) is 0 Å². The van der Waals surface area contributed by atoms with Crippen molar-refractivity contribution in [3.05, 3.63) is 25.3 Å². The molecule has 0 spiro atoms. The largest absolute Gasteiger partial charge is 0.379 e. The van der Waals surface area contributed by atoms with Crippen molar-refractivity contribution in [3.8, 4) is 0 Å². The fourth-order valence-corrected chi connectivity index (χ4v) is 1.77.